The van der Waals surface area contributed by atoms with Gasteiger partial charge in [0, 0.05) is 18.4 Å². The van der Waals surface area contributed by atoms with Crippen molar-refractivity contribution in [2.24, 2.45) is 0 Å². The van der Waals surface area contributed by atoms with Gasteiger partial charge in [-0.15, -0.1) is 0 Å². The molecule has 1 aromatic heterocycles. The van der Waals surface area contributed by atoms with Crippen LogP contribution in [-0.2, 0) is 11.2 Å². The van der Waals surface area contributed by atoms with Gasteiger partial charge in [-0.1, -0.05) is 12.1 Å². The van der Waals surface area contributed by atoms with Gasteiger partial charge in [0.25, 0.3) is 0 Å². The lowest BCUT2D eigenvalue weighted by Crippen LogP contribution is -1.86. The van der Waals surface area contributed by atoms with Crippen LogP contribution in [0.4, 0.5) is 0 Å². The molecular weight excluding hydrogens is 158 g/mol. The quantitative estimate of drug-likeness (QED) is 0.621. The Morgan fingerprint density at radius 3 is 3.08 bits per heavy atom. The van der Waals surface area contributed by atoms with Crippen LogP contribution in [0, 0.1) is 11.8 Å². The Morgan fingerprint density at radius 1 is 1.83 bits per heavy atom. The normalized spacial score (nSPS) is 8.75. The molecule has 0 aliphatic carbocycles. The van der Waals surface area contributed by atoms with Crippen LogP contribution in [0.3, 0.4) is 0 Å². The summed E-state index contributed by atoms with van der Waals surface area (Å²) in [5, 5.41) is 11.8. The second-order valence-electron chi connectivity index (χ2n) is 2.09. The fourth-order valence-electron chi connectivity index (χ4n) is 0.656. The van der Waals surface area contributed by atoms with E-state index in [2.05, 4.69) is 11.1 Å². The van der Waals surface area contributed by atoms with Crippen molar-refractivity contribution in [2.45, 2.75) is 13.3 Å². The van der Waals surface area contributed by atoms with Crippen LogP contribution >= 0.6 is 0 Å². The van der Waals surface area contributed by atoms with Crippen molar-refractivity contribution in [3.05, 3.63) is 17.5 Å². The van der Waals surface area contributed by atoms with Gasteiger partial charge in [0.2, 0.25) is 0 Å². The lowest BCUT2D eigenvalue weighted by molar-refractivity contribution is -0.130. The molecule has 0 atom stereocenters. The van der Waals surface area contributed by atoms with Crippen LogP contribution in [0.15, 0.2) is 10.6 Å². The Morgan fingerprint density at radius 2 is 2.58 bits per heavy atom. The van der Waals surface area contributed by atoms with E-state index in [1.54, 1.807) is 6.07 Å². The number of carboxylic acid groups (broad SMARTS) is 1. The van der Waals surface area contributed by atoms with Crippen LogP contribution < -0.4 is 0 Å². The van der Waals surface area contributed by atoms with E-state index in [-0.39, 0.29) is 0 Å². The van der Waals surface area contributed by atoms with Gasteiger partial charge in [0.1, 0.15) is 5.76 Å². The minimum absolute atomic E-state index is 0.356. The van der Waals surface area contributed by atoms with Crippen molar-refractivity contribution in [3.8, 4) is 11.8 Å². The average Bonchev–Trinajstić information content (AvgIpc) is 2.48. The molecule has 1 N–H and O–H groups in total. The zero-order valence-electron chi connectivity index (χ0n) is 6.50. The molecule has 0 aliphatic rings. The highest BCUT2D eigenvalue weighted by atomic mass is 16.5. The molecule has 0 bridgehead atoms. The minimum Gasteiger partial charge on any atom is -0.472 e. The number of hydrogen-bond donors (Lipinski definition) is 1. The molecule has 1 rings (SSSR count). The van der Waals surface area contributed by atoms with Crippen molar-refractivity contribution in [1.29, 1.82) is 0 Å². The summed E-state index contributed by atoms with van der Waals surface area (Å²) in [6.45, 7) is 1.91. The maximum atomic E-state index is 10.0. The van der Waals surface area contributed by atoms with E-state index in [0.29, 0.717) is 11.5 Å². The van der Waals surface area contributed by atoms with Crippen LogP contribution in [0.1, 0.15) is 18.4 Å². The molecule has 0 saturated heterocycles. The number of aryl methyl sites for hydroxylation is 1. The van der Waals surface area contributed by atoms with E-state index in [0.717, 1.165) is 6.42 Å². The second-order valence-corrected chi connectivity index (χ2v) is 2.09. The molecule has 0 aliphatic heterocycles. The van der Waals surface area contributed by atoms with Gasteiger partial charge in [-0.05, 0) is 5.92 Å². The molecule has 0 amide bonds. The maximum Gasteiger partial charge on any atom is 0.382 e. The van der Waals surface area contributed by atoms with Crippen LogP contribution in [-0.4, -0.2) is 16.2 Å². The molecule has 0 radical (unpaired) electrons. The highest BCUT2D eigenvalue weighted by molar-refractivity contribution is 5.87. The average molecular weight is 165 g/mol. The fourth-order valence-corrected chi connectivity index (χ4v) is 0.656. The predicted molar refractivity (Wildman–Crippen MR) is 40.4 cm³/mol. The summed E-state index contributed by atoms with van der Waals surface area (Å²) >= 11 is 0. The van der Waals surface area contributed by atoms with E-state index < -0.39 is 5.97 Å². The molecule has 0 aromatic carbocycles. The first-order chi connectivity index (χ1) is 5.72. The highest BCUT2D eigenvalue weighted by Gasteiger charge is 1.97. The van der Waals surface area contributed by atoms with Crippen LogP contribution in [0.25, 0.3) is 0 Å². The first-order valence-electron chi connectivity index (χ1n) is 3.43. The van der Waals surface area contributed by atoms with Gasteiger partial charge in [-0.25, -0.2) is 4.79 Å². The number of rotatable bonds is 1. The largest absolute Gasteiger partial charge is 0.472 e. The van der Waals surface area contributed by atoms with Gasteiger partial charge in [0.15, 0.2) is 5.69 Å². The number of carboxylic acids is 1. The lowest BCUT2D eigenvalue weighted by Gasteiger charge is -1.76. The van der Waals surface area contributed by atoms with Gasteiger partial charge in [0.05, 0.1) is 0 Å². The Labute approximate surface area is 69.2 Å². The molecular formula is C8H7NO3. The van der Waals surface area contributed by atoms with Crippen molar-refractivity contribution in [3.63, 3.8) is 0 Å². The van der Waals surface area contributed by atoms with E-state index in [1.807, 2.05) is 12.8 Å². The number of nitrogens with zero attached hydrogens (tertiary/aromatic N) is 1. The number of aromatic nitrogens is 1. The van der Waals surface area contributed by atoms with Gasteiger partial charge in [-0.3, -0.25) is 0 Å². The van der Waals surface area contributed by atoms with Crippen molar-refractivity contribution in [2.75, 3.05) is 0 Å². The zero-order chi connectivity index (χ0) is 8.97. The van der Waals surface area contributed by atoms with Crippen LogP contribution in [0.2, 0.25) is 0 Å². The molecule has 1 aromatic rings. The first kappa shape index (κ1) is 8.34. The molecule has 0 unspecified atom stereocenters. The molecule has 62 valence electrons. The molecule has 4 heteroatoms. The standard InChI is InChI=1S/C8H7NO3/c1-2-7-5-6(9-12-7)3-4-8(10)11/h5H,2H2,1H3,(H,10,11). The fraction of sp³-hybridized carbons (Fsp3) is 0.250. The summed E-state index contributed by atoms with van der Waals surface area (Å²) in [7, 11) is 0. The molecule has 1 heterocycles. The minimum atomic E-state index is -1.17. The van der Waals surface area contributed by atoms with Crippen molar-refractivity contribution in [1.82, 2.24) is 5.16 Å². The molecule has 0 fully saturated rings. The molecule has 4 nitrogen and oxygen atoms in total. The molecule has 0 saturated carbocycles. The maximum absolute atomic E-state index is 10.0. The summed E-state index contributed by atoms with van der Waals surface area (Å²) in [6, 6.07) is 1.62. The third-order valence-corrected chi connectivity index (χ3v) is 1.20. The van der Waals surface area contributed by atoms with Crippen molar-refractivity contribution >= 4 is 5.97 Å². The third-order valence-electron chi connectivity index (χ3n) is 1.20. The first-order valence-corrected chi connectivity index (χ1v) is 3.43. The topological polar surface area (TPSA) is 63.3 Å². The SMILES string of the molecule is CCc1cc(C#CC(=O)O)no1. The smallest absolute Gasteiger partial charge is 0.382 e. The second kappa shape index (κ2) is 3.58. The molecule has 12 heavy (non-hydrogen) atoms. The zero-order valence-corrected chi connectivity index (χ0v) is 6.50. The number of hydrogen-bond acceptors (Lipinski definition) is 3. The van der Waals surface area contributed by atoms with E-state index in [9.17, 15) is 4.79 Å². The summed E-state index contributed by atoms with van der Waals surface area (Å²) in [6.07, 6.45) is 0.724. The summed E-state index contributed by atoms with van der Waals surface area (Å²) in [5.74, 6) is 3.82. The van der Waals surface area contributed by atoms with Gasteiger partial charge < -0.3 is 9.63 Å². The van der Waals surface area contributed by atoms with Gasteiger partial charge in [-0.2, -0.15) is 0 Å². The van der Waals surface area contributed by atoms with Crippen molar-refractivity contribution < 1.29 is 14.4 Å². The van der Waals surface area contributed by atoms with Crippen LogP contribution in [0.5, 0.6) is 0 Å². The molecule has 0 spiro atoms. The Kier molecular flexibility index (Phi) is 2.49. The monoisotopic (exact) mass is 165 g/mol. The number of carbonyl (C=O) groups is 1. The predicted octanol–water partition coefficient (Wildman–Crippen LogP) is 0.673. The Balaban J connectivity index is 2.78. The summed E-state index contributed by atoms with van der Waals surface area (Å²) in [5.41, 5.74) is 0.356. The number of aliphatic carboxylic acids is 1. The highest BCUT2D eigenvalue weighted by Crippen LogP contribution is 2.01. The summed E-state index contributed by atoms with van der Waals surface area (Å²) in [4.78, 5) is 10.0. The van der Waals surface area contributed by atoms with E-state index in [4.69, 9.17) is 9.63 Å². The summed E-state index contributed by atoms with van der Waals surface area (Å²) < 4.78 is 4.80. The Bertz CT molecular complexity index is 343. The third kappa shape index (κ3) is 2.13. The lowest BCUT2D eigenvalue weighted by atomic mass is 10.3. The van der Waals surface area contributed by atoms with Gasteiger partial charge >= 0.3 is 5.97 Å². The van der Waals surface area contributed by atoms with E-state index >= 15 is 0 Å². The van der Waals surface area contributed by atoms with E-state index in [1.165, 1.54) is 0 Å². The Hall–Kier alpha value is -1.76.